The van der Waals surface area contributed by atoms with E-state index in [1.54, 1.807) is 52.8 Å². The maximum atomic E-state index is 13.4. The first-order valence-corrected chi connectivity index (χ1v) is 11.8. The molecule has 0 bridgehead atoms. The Morgan fingerprint density at radius 3 is 2.37 bits per heavy atom. The first-order chi connectivity index (χ1) is 16.3. The fourth-order valence-corrected chi connectivity index (χ4v) is 3.37. The van der Waals surface area contributed by atoms with Crippen molar-refractivity contribution in [3.8, 4) is 5.75 Å². The van der Waals surface area contributed by atoms with Gasteiger partial charge in [0.1, 0.15) is 23.4 Å². The van der Waals surface area contributed by atoms with Crippen molar-refractivity contribution in [1.29, 1.82) is 0 Å². The van der Waals surface area contributed by atoms with Crippen LogP contribution in [0, 0.1) is 6.92 Å². The second kappa shape index (κ2) is 13.6. The number of phenolic OH excluding ortho intramolecular Hbond substituents is 1. The van der Waals surface area contributed by atoms with E-state index in [1.807, 2.05) is 6.92 Å². The van der Waals surface area contributed by atoms with Crippen molar-refractivity contribution in [2.45, 2.75) is 79.0 Å². The molecule has 3 amide bonds. The van der Waals surface area contributed by atoms with E-state index in [2.05, 4.69) is 10.6 Å². The first-order valence-electron chi connectivity index (χ1n) is 11.8. The van der Waals surface area contributed by atoms with Gasteiger partial charge in [-0.15, -0.1) is 0 Å². The zero-order valence-electron chi connectivity index (χ0n) is 21.8. The molecule has 3 N–H and O–H groups in total. The van der Waals surface area contributed by atoms with E-state index in [9.17, 15) is 24.3 Å². The van der Waals surface area contributed by atoms with Crippen molar-refractivity contribution in [2.24, 2.45) is 0 Å². The van der Waals surface area contributed by atoms with Gasteiger partial charge in [-0.1, -0.05) is 25.1 Å². The van der Waals surface area contributed by atoms with Crippen LogP contribution < -0.4 is 10.6 Å². The number of para-hydroxylation sites is 1. The number of hydrogen-bond donors (Lipinski definition) is 3. The van der Waals surface area contributed by atoms with Crippen LogP contribution >= 0.6 is 0 Å². The second-order valence-corrected chi connectivity index (χ2v) is 9.16. The monoisotopic (exact) mass is 493 g/mol. The number of alkyl carbamates (subject to hydrolysis) is 1. The Balaban J connectivity index is 3.25. The number of nitrogens with one attached hydrogen (secondary N) is 2. The van der Waals surface area contributed by atoms with Gasteiger partial charge in [0.05, 0.1) is 13.0 Å². The molecule has 0 saturated carbocycles. The predicted octanol–water partition coefficient (Wildman–Crippen LogP) is 2.96. The largest absolute Gasteiger partial charge is 0.507 e. The number of rotatable bonds is 11. The van der Waals surface area contributed by atoms with Gasteiger partial charge in [0.25, 0.3) is 0 Å². The van der Waals surface area contributed by atoms with Crippen LogP contribution in [0.15, 0.2) is 18.2 Å². The molecule has 0 aliphatic heterocycles. The van der Waals surface area contributed by atoms with Crippen molar-refractivity contribution < 1.29 is 33.8 Å². The van der Waals surface area contributed by atoms with E-state index in [-0.39, 0.29) is 37.4 Å². The third kappa shape index (κ3) is 9.46. The van der Waals surface area contributed by atoms with Crippen LogP contribution in [0.2, 0.25) is 0 Å². The summed E-state index contributed by atoms with van der Waals surface area (Å²) in [5, 5.41) is 15.9. The summed E-state index contributed by atoms with van der Waals surface area (Å²) >= 11 is 0. The van der Waals surface area contributed by atoms with E-state index >= 15 is 0 Å². The molecule has 2 atom stereocenters. The Kier molecular flexibility index (Phi) is 11.5. The van der Waals surface area contributed by atoms with Crippen molar-refractivity contribution in [1.82, 2.24) is 15.5 Å². The smallest absolute Gasteiger partial charge is 0.408 e. The molecular weight excluding hydrogens is 454 g/mol. The molecule has 0 heterocycles. The molecule has 10 heteroatoms. The third-order valence-corrected chi connectivity index (χ3v) is 4.91. The number of amides is 3. The highest BCUT2D eigenvalue weighted by molar-refractivity contribution is 5.92. The number of esters is 1. The lowest BCUT2D eigenvalue weighted by atomic mass is 9.99. The number of benzene rings is 1. The van der Waals surface area contributed by atoms with E-state index in [1.165, 1.54) is 11.8 Å². The first kappa shape index (κ1) is 29.7. The highest BCUT2D eigenvalue weighted by atomic mass is 16.6. The van der Waals surface area contributed by atoms with Crippen molar-refractivity contribution in [3.63, 3.8) is 0 Å². The van der Waals surface area contributed by atoms with Gasteiger partial charge in [-0.25, -0.2) is 4.79 Å². The van der Waals surface area contributed by atoms with Crippen LogP contribution in [-0.2, 0) is 23.9 Å². The van der Waals surface area contributed by atoms with Crippen LogP contribution in [0.25, 0.3) is 0 Å². The summed E-state index contributed by atoms with van der Waals surface area (Å²) in [5.74, 6) is -1.66. The standard InChI is InChI=1S/C25H39N3O7/c1-8-15-28(23(32)17(4)27-24(33)35-25(5,6)7)20(18-12-10-11-16(3)21(18)30)22(31)26-14-13-19(29)34-9-2/h10-12,17,20,30H,8-9,13-15H2,1-7H3,(H,26,31)(H,27,33). The summed E-state index contributed by atoms with van der Waals surface area (Å²) in [6.07, 6.45) is -0.280. The minimum absolute atomic E-state index is 0.000607. The minimum Gasteiger partial charge on any atom is -0.507 e. The van der Waals surface area contributed by atoms with Crippen molar-refractivity contribution in [3.05, 3.63) is 29.3 Å². The lowest BCUT2D eigenvalue weighted by Crippen LogP contribution is -2.52. The number of carbonyl (C=O) groups excluding carboxylic acids is 4. The highest BCUT2D eigenvalue weighted by Crippen LogP contribution is 2.32. The molecule has 1 aromatic carbocycles. The molecule has 2 unspecified atom stereocenters. The predicted molar refractivity (Wildman–Crippen MR) is 131 cm³/mol. The molecule has 10 nitrogen and oxygen atoms in total. The van der Waals surface area contributed by atoms with Gasteiger partial charge in [0.2, 0.25) is 11.8 Å². The number of carbonyl (C=O) groups is 4. The molecule has 0 fully saturated rings. The Hall–Kier alpha value is -3.30. The normalized spacial score (nSPS) is 12.8. The Morgan fingerprint density at radius 1 is 1.14 bits per heavy atom. The van der Waals surface area contributed by atoms with E-state index < -0.39 is 41.6 Å². The van der Waals surface area contributed by atoms with Crippen LogP contribution in [0.5, 0.6) is 5.75 Å². The molecule has 0 saturated heterocycles. The van der Waals surface area contributed by atoms with Gasteiger partial charge in [-0.05, 0) is 53.5 Å². The summed E-state index contributed by atoms with van der Waals surface area (Å²) in [7, 11) is 0. The number of phenols is 1. The SMILES string of the molecule is CCCN(C(=O)C(C)NC(=O)OC(C)(C)C)C(C(=O)NCCC(=O)OCC)c1cccc(C)c1O. The molecule has 196 valence electrons. The fraction of sp³-hybridized carbons (Fsp3) is 0.600. The molecule has 0 radical (unpaired) electrons. The lowest BCUT2D eigenvalue weighted by molar-refractivity contribution is -0.144. The number of aromatic hydroxyl groups is 1. The lowest BCUT2D eigenvalue weighted by Gasteiger charge is -2.34. The second-order valence-electron chi connectivity index (χ2n) is 9.16. The zero-order chi connectivity index (χ0) is 26.8. The molecule has 35 heavy (non-hydrogen) atoms. The van der Waals surface area contributed by atoms with Crippen molar-refractivity contribution >= 4 is 23.9 Å². The molecule has 0 aromatic heterocycles. The van der Waals surface area contributed by atoms with Gasteiger partial charge >= 0.3 is 12.1 Å². The van der Waals surface area contributed by atoms with Gasteiger partial charge < -0.3 is 30.1 Å². The summed E-state index contributed by atoms with van der Waals surface area (Å²) in [5.41, 5.74) is 0.0329. The van der Waals surface area contributed by atoms with Gasteiger partial charge in [0, 0.05) is 18.7 Å². The van der Waals surface area contributed by atoms with Gasteiger partial charge in [0.15, 0.2) is 0 Å². The number of nitrogens with zero attached hydrogens (tertiary/aromatic N) is 1. The van der Waals surface area contributed by atoms with Gasteiger partial charge in [-0.3, -0.25) is 14.4 Å². The highest BCUT2D eigenvalue weighted by Gasteiger charge is 2.35. The van der Waals surface area contributed by atoms with Crippen LogP contribution in [0.1, 0.15) is 71.6 Å². The molecule has 1 rings (SSSR count). The maximum Gasteiger partial charge on any atom is 0.408 e. The van der Waals surface area contributed by atoms with E-state index in [0.29, 0.717) is 12.0 Å². The molecule has 0 aliphatic rings. The Labute approximate surface area is 207 Å². The van der Waals surface area contributed by atoms with Crippen molar-refractivity contribution in [2.75, 3.05) is 19.7 Å². The number of aryl methyl sites for hydroxylation is 1. The minimum atomic E-state index is -1.19. The topological polar surface area (TPSA) is 134 Å². The molecular formula is C25H39N3O7. The van der Waals surface area contributed by atoms with Crippen LogP contribution in [-0.4, -0.2) is 65.2 Å². The average Bonchev–Trinajstić information content (AvgIpc) is 2.74. The molecule has 1 aromatic rings. The third-order valence-electron chi connectivity index (χ3n) is 4.91. The van der Waals surface area contributed by atoms with E-state index in [4.69, 9.17) is 9.47 Å². The van der Waals surface area contributed by atoms with Gasteiger partial charge in [-0.2, -0.15) is 0 Å². The van der Waals surface area contributed by atoms with Crippen LogP contribution in [0.4, 0.5) is 4.79 Å². The molecule has 0 aliphatic carbocycles. The average molecular weight is 494 g/mol. The quantitative estimate of drug-likeness (QED) is 0.404. The summed E-state index contributed by atoms with van der Waals surface area (Å²) in [6, 6.07) is 2.75. The fourth-order valence-electron chi connectivity index (χ4n) is 3.37. The Bertz CT molecular complexity index is 896. The summed E-state index contributed by atoms with van der Waals surface area (Å²) < 4.78 is 10.1. The number of hydrogen-bond acceptors (Lipinski definition) is 7. The van der Waals surface area contributed by atoms with E-state index in [0.717, 1.165) is 0 Å². The molecule has 0 spiro atoms. The summed E-state index contributed by atoms with van der Waals surface area (Å²) in [4.78, 5) is 52.0. The zero-order valence-corrected chi connectivity index (χ0v) is 21.8. The number of ether oxygens (including phenoxy) is 2. The van der Waals surface area contributed by atoms with Crippen LogP contribution in [0.3, 0.4) is 0 Å². The summed E-state index contributed by atoms with van der Waals surface area (Å²) in [6.45, 7) is 12.3. The Morgan fingerprint density at radius 2 is 1.80 bits per heavy atom. The maximum absolute atomic E-state index is 13.4.